The topological polar surface area (TPSA) is 38.4 Å². The summed E-state index contributed by atoms with van der Waals surface area (Å²) in [7, 11) is 0. The summed E-state index contributed by atoms with van der Waals surface area (Å²) in [5.41, 5.74) is 11.7. The molecule has 0 unspecified atom stereocenters. The standard InChI is InChI=1S/C19H32N2S/c1-13(2)8-9-21-18(20)22-12-17-14(3)10-16(11-15(17)4)19(5,6)7/h10-11,13H,8-9,12H2,1-7H3,(H2,20,21). The average Bonchev–Trinajstić information content (AvgIpc) is 2.35. The SMILES string of the molecule is Cc1cc(C(C)(C)C)cc(C)c1CSC(N)=NCCC(C)C. The van der Waals surface area contributed by atoms with E-state index in [0.29, 0.717) is 11.1 Å². The van der Waals surface area contributed by atoms with E-state index in [4.69, 9.17) is 5.73 Å². The van der Waals surface area contributed by atoms with E-state index in [1.165, 1.54) is 22.3 Å². The molecule has 0 atom stereocenters. The van der Waals surface area contributed by atoms with Crippen molar-refractivity contribution in [2.45, 2.75) is 66.1 Å². The van der Waals surface area contributed by atoms with Gasteiger partial charge in [-0.15, -0.1) is 0 Å². The molecule has 0 aliphatic rings. The maximum absolute atomic E-state index is 6.02. The Balaban J connectivity index is 2.75. The number of thioether (sulfide) groups is 1. The molecule has 0 saturated carbocycles. The number of hydrogen-bond donors (Lipinski definition) is 1. The van der Waals surface area contributed by atoms with Crippen molar-refractivity contribution in [2.24, 2.45) is 16.6 Å². The fourth-order valence-corrected chi connectivity index (χ4v) is 3.21. The number of benzene rings is 1. The molecule has 0 radical (unpaired) electrons. The summed E-state index contributed by atoms with van der Waals surface area (Å²) in [5.74, 6) is 1.58. The molecule has 0 heterocycles. The molecule has 124 valence electrons. The molecule has 0 saturated heterocycles. The van der Waals surface area contributed by atoms with E-state index in [1.54, 1.807) is 11.8 Å². The summed E-state index contributed by atoms with van der Waals surface area (Å²) in [6.07, 6.45) is 1.10. The van der Waals surface area contributed by atoms with Crippen LogP contribution in [0.3, 0.4) is 0 Å². The second-order valence-electron chi connectivity index (χ2n) is 7.53. The van der Waals surface area contributed by atoms with Gasteiger partial charge in [0.2, 0.25) is 0 Å². The second-order valence-corrected chi connectivity index (χ2v) is 8.53. The molecule has 0 aliphatic heterocycles. The first-order chi connectivity index (χ1) is 10.1. The summed E-state index contributed by atoms with van der Waals surface area (Å²) in [5, 5.41) is 0.708. The molecule has 2 N–H and O–H groups in total. The van der Waals surface area contributed by atoms with Crippen molar-refractivity contribution in [1.82, 2.24) is 0 Å². The number of aryl methyl sites for hydroxylation is 2. The minimum absolute atomic E-state index is 0.193. The van der Waals surface area contributed by atoms with Gasteiger partial charge in [0.1, 0.15) is 0 Å². The van der Waals surface area contributed by atoms with E-state index in [2.05, 4.69) is 65.6 Å². The van der Waals surface area contributed by atoms with E-state index in [9.17, 15) is 0 Å². The first-order valence-electron chi connectivity index (χ1n) is 8.14. The van der Waals surface area contributed by atoms with Crippen LogP contribution in [0.5, 0.6) is 0 Å². The van der Waals surface area contributed by atoms with E-state index >= 15 is 0 Å². The van der Waals surface area contributed by atoms with Gasteiger partial charge in [-0.2, -0.15) is 0 Å². The van der Waals surface area contributed by atoms with Crippen molar-refractivity contribution in [3.63, 3.8) is 0 Å². The van der Waals surface area contributed by atoms with Crippen LogP contribution < -0.4 is 5.73 Å². The van der Waals surface area contributed by atoms with Gasteiger partial charge in [0.25, 0.3) is 0 Å². The third kappa shape index (κ3) is 6.04. The van der Waals surface area contributed by atoms with Gasteiger partial charge in [0, 0.05) is 12.3 Å². The van der Waals surface area contributed by atoms with E-state index in [0.717, 1.165) is 18.7 Å². The third-order valence-corrected chi connectivity index (χ3v) is 4.76. The largest absolute Gasteiger partial charge is 0.379 e. The number of amidine groups is 1. The highest BCUT2D eigenvalue weighted by atomic mass is 32.2. The maximum atomic E-state index is 6.02. The number of nitrogens with zero attached hydrogens (tertiary/aromatic N) is 1. The van der Waals surface area contributed by atoms with Crippen molar-refractivity contribution in [3.8, 4) is 0 Å². The molecule has 0 fully saturated rings. The number of nitrogens with two attached hydrogens (primary N) is 1. The highest BCUT2D eigenvalue weighted by molar-refractivity contribution is 8.13. The van der Waals surface area contributed by atoms with Crippen LogP contribution in [0.25, 0.3) is 0 Å². The predicted molar refractivity (Wildman–Crippen MR) is 102 cm³/mol. The first-order valence-corrected chi connectivity index (χ1v) is 9.13. The Morgan fingerprint density at radius 1 is 1.18 bits per heavy atom. The summed E-state index contributed by atoms with van der Waals surface area (Å²) in [4.78, 5) is 4.45. The first kappa shape index (κ1) is 19.1. The van der Waals surface area contributed by atoms with Gasteiger partial charge >= 0.3 is 0 Å². The van der Waals surface area contributed by atoms with Crippen LogP contribution in [0, 0.1) is 19.8 Å². The van der Waals surface area contributed by atoms with Gasteiger partial charge in [-0.05, 0) is 53.9 Å². The zero-order valence-electron chi connectivity index (χ0n) is 15.3. The Morgan fingerprint density at radius 2 is 1.73 bits per heavy atom. The van der Waals surface area contributed by atoms with E-state index in [-0.39, 0.29) is 5.41 Å². The van der Waals surface area contributed by atoms with Crippen molar-refractivity contribution in [3.05, 3.63) is 34.4 Å². The monoisotopic (exact) mass is 320 g/mol. The maximum Gasteiger partial charge on any atom is 0.154 e. The smallest absolute Gasteiger partial charge is 0.154 e. The van der Waals surface area contributed by atoms with Crippen LogP contribution >= 0.6 is 11.8 Å². The molecule has 0 spiro atoms. The summed E-state index contributed by atoms with van der Waals surface area (Å²) in [6, 6.07) is 4.63. The molecule has 1 rings (SSSR count). The van der Waals surface area contributed by atoms with Gasteiger partial charge in [-0.3, -0.25) is 4.99 Å². The highest BCUT2D eigenvalue weighted by Gasteiger charge is 2.16. The van der Waals surface area contributed by atoms with Crippen LogP contribution in [0.1, 0.15) is 63.3 Å². The van der Waals surface area contributed by atoms with Crippen LogP contribution in [0.2, 0.25) is 0 Å². The van der Waals surface area contributed by atoms with Gasteiger partial charge < -0.3 is 5.73 Å². The van der Waals surface area contributed by atoms with E-state index < -0.39 is 0 Å². The van der Waals surface area contributed by atoms with Crippen LogP contribution in [0.4, 0.5) is 0 Å². The Hall–Kier alpha value is -0.960. The fourth-order valence-electron chi connectivity index (χ4n) is 2.28. The molecular formula is C19H32N2S. The van der Waals surface area contributed by atoms with Crippen LogP contribution in [0.15, 0.2) is 17.1 Å². The Bertz CT molecular complexity index is 502. The molecular weight excluding hydrogens is 288 g/mol. The number of rotatable bonds is 5. The minimum atomic E-state index is 0.193. The fraction of sp³-hybridized carbons (Fsp3) is 0.632. The highest BCUT2D eigenvalue weighted by Crippen LogP contribution is 2.28. The molecule has 0 amide bonds. The van der Waals surface area contributed by atoms with Crippen molar-refractivity contribution in [1.29, 1.82) is 0 Å². The number of aliphatic imine (C=N–C) groups is 1. The molecule has 3 heteroatoms. The molecule has 1 aromatic carbocycles. The zero-order chi connectivity index (χ0) is 16.9. The second kappa shape index (κ2) is 8.05. The zero-order valence-corrected chi connectivity index (χ0v) is 16.1. The number of hydrogen-bond acceptors (Lipinski definition) is 2. The van der Waals surface area contributed by atoms with Gasteiger partial charge in [-0.25, -0.2) is 0 Å². The average molecular weight is 321 g/mol. The van der Waals surface area contributed by atoms with E-state index in [1.807, 2.05) is 0 Å². The van der Waals surface area contributed by atoms with Crippen molar-refractivity contribution >= 4 is 16.9 Å². The lowest BCUT2D eigenvalue weighted by Gasteiger charge is -2.22. The third-order valence-electron chi connectivity index (χ3n) is 3.90. The summed E-state index contributed by atoms with van der Waals surface area (Å²) in [6.45, 7) is 16.4. The summed E-state index contributed by atoms with van der Waals surface area (Å²) < 4.78 is 0. The molecule has 0 aromatic heterocycles. The van der Waals surface area contributed by atoms with Gasteiger partial charge in [0.05, 0.1) is 0 Å². The molecule has 2 nitrogen and oxygen atoms in total. The summed E-state index contributed by atoms with van der Waals surface area (Å²) >= 11 is 1.65. The Morgan fingerprint density at radius 3 is 2.18 bits per heavy atom. The Kier molecular flexibility index (Phi) is 6.98. The predicted octanol–water partition coefficient (Wildman–Crippen LogP) is 5.19. The quantitative estimate of drug-likeness (QED) is 0.598. The van der Waals surface area contributed by atoms with Gasteiger partial charge in [0.15, 0.2) is 5.17 Å². The Labute approximate surface area is 141 Å². The van der Waals surface area contributed by atoms with Crippen LogP contribution in [-0.4, -0.2) is 11.7 Å². The molecule has 22 heavy (non-hydrogen) atoms. The minimum Gasteiger partial charge on any atom is -0.379 e. The molecule has 0 aliphatic carbocycles. The van der Waals surface area contributed by atoms with Crippen molar-refractivity contribution < 1.29 is 0 Å². The lowest BCUT2D eigenvalue weighted by Crippen LogP contribution is -2.13. The van der Waals surface area contributed by atoms with Gasteiger partial charge in [-0.1, -0.05) is 58.5 Å². The van der Waals surface area contributed by atoms with Crippen LogP contribution in [-0.2, 0) is 11.2 Å². The normalized spacial score (nSPS) is 13.0. The molecule has 1 aromatic rings. The molecule has 0 bridgehead atoms. The lowest BCUT2D eigenvalue weighted by molar-refractivity contribution is 0.589. The lowest BCUT2D eigenvalue weighted by atomic mass is 9.84. The van der Waals surface area contributed by atoms with Crippen molar-refractivity contribution in [2.75, 3.05) is 6.54 Å².